The first kappa shape index (κ1) is 16.3. The molecule has 0 fully saturated rings. The lowest BCUT2D eigenvalue weighted by Gasteiger charge is -2.38. The molecular weight excluding hydrogens is 298 g/mol. The molecule has 0 unspecified atom stereocenters. The van der Waals surface area contributed by atoms with Crippen LogP contribution < -0.4 is 10.1 Å². The normalized spacial score (nSPS) is 18.7. The van der Waals surface area contributed by atoms with Gasteiger partial charge in [-0.3, -0.25) is 4.79 Å². The highest BCUT2D eigenvalue weighted by Gasteiger charge is 2.34. The number of nitrogens with one attached hydrogen (secondary N) is 1. The molecule has 0 radical (unpaired) electrons. The topological polar surface area (TPSA) is 38.3 Å². The smallest absolute Gasteiger partial charge is 0.244 e. The predicted molar refractivity (Wildman–Crippen MR) is 96.9 cm³/mol. The number of hydrogen-bond acceptors (Lipinski definition) is 2. The largest absolute Gasteiger partial charge is 0.487 e. The number of aryl methyl sites for hydroxylation is 1. The summed E-state index contributed by atoms with van der Waals surface area (Å²) in [5.41, 5.74) is 2.92. The van der Waals surface area contributed by atoms with Crippen LogP contribution in [0, 0.1) is 6.92 Å². The molecule has 124 valence electrons. The first-order chi connectivity index (χ1) is 11.4. The van der Waals surface area contributed by atoms with Crippen LogP contribution in [-0.4, -0.2) is 11.5 Å². The Hall–Kier alpha value is -2.55. The highest BCUT2D eigenvalue weighted by atomic mass is 16.5. The number of benzene rings is 2. The van der Waals surface area contributed by atoms with E-state index in [2.05, 4.69) is 25.2 Å². The molecule has 24 heavy (non-hydrogen) atoms. The van der Waals surface area contributed by atoms with E-state index in [0.717, 1.165) is 28.9 Å². The average molecular weight is 321 g/mol. The van der Waals surface area contributed by atoms with Gasteiger partial charge in [0.25, 0.3) is 0 Å². The minimum absolute atomic E-state index is 0.0448. The zero-order valence-corrected chi connectivity index (χ0v) is 14.4. The van der Waals surface area contributed by atoms with E-state index in [9.17, 15) is 4.79 Å². The fraction of sp³-hybridized carbons (Fsp3) is 0.286. The summed E-state index contributed by atoms with van der Waals surface area (Å²) in [6.45, 7) is 6.15. The maximum Gasteiger partial charge on any atom is 0.244 e. The molecular formula is C21H23NO2. The van der Waals surface area contributed by atoms with Crippen LogP contribution in [0.15, 0.2) is 54.6 Å². The summed E-state index contributed by atoms with van der Waals surface area (Å²) in [5.74, 6) is 0.767. The van der Waals surface area contributed by atoms with E-state index in [1.165, 1.54) is 0 Å². The van der Waals surface area contributed by atoms with Gasteiger partial charge in [0.15, 0.2) is 0 Å². The molecule has 1 aliphatic heterocycles. The highest BCUT2D eigenvalue weighted by molar-refractivity contribution is 5.92. The Morgan fingerprint density at radius 2 is 1.96 bits per heavy atom. The third-order valence-electron chi connectivity index (χ3n) is 4.17. The van der Waals surface area contributed by atoms with Gasteiger partial charge >= 0.3 is 0 Å². The predicted octanol–water partition coefficient (Wildman–Crippen LogP) is 4.43. The molecule has 0 saturated heterocycles. The first-order valence-corrected chi connectivity index (χ1v) is 8.26. The Kier molecular flexibility index (Phi) is 4.43. The number of carbonyl (C=O) groups excluding carboxylic acids is 1. The Balaban J connectivity index is 1.78. The van der Waals surface area contributed by atoms with Crippen LogP contribution in [0.2, 0.25) is 0 Å². The van der Waals surface area contributed by atoms with Crippen molar-refractivity contribution in [3.63, 3.8) is 0 Å². The highest BCUT2D eigenvalue weighted by Crippen LogP contribution is 2.39. The lowest BCUT2D eigenvalue weighted by Crippen LogP contribution is -2.41. The van der Waals surface area contributed by atoms with E-state index in [1.807, 2.05) is 55.5 Å². The van der Waals surface area contributed by atoms with Crippen LogP contribution in [0.25, 0.3) is 6.08 Å². The summed E-state index contributed by atoms with van der Waals surface area (Å²) in [5, 5.41) is 3.12. The summed E-state index contributed by atoms with van der Waals surface area (Å²) in [4.78, 5) is 12.4. The van der Waals surface area contributed by atoms with Gasteiger partial charge in [-0.2, -0.15) is 0 Å². The fourth-order valence-corrected chi connectivity index (χ4v) is 3.06. The molecule has 1 amide bonds. The number of amides is 1. The molecule has 0 bridgehead atoms. The lowest BCUT2D eigenvalue weighted by molar-refractivity contribution is -0.117. The van der Waals surface area contributed by atoms with E-state index < -0.39 is 0 Å². The molecule has 2 aromatic rings. The van der Waals surface area contributed by atoms with Crippen molar-refractivity contribution in [3.8, 4) is 5.75 Å². The van der Waals surface area contributed by atoms with Gasteiger partial charge in [-0.25, -0.2) is 0 Å². The van der Waals surface area contributed by atoms with Gasteiger partial charge in [0, 0.05) is 18.1 Å². The molecule has 1 heterocycles. The molecule has 3 heteroatoms. The Morgan fingerprint density at radius 3 is 2.71 bits per heavy atom. The van der Waals surface area contributed by atoms with E-state index in [-0.39, 0.29) is 17.6 Å². The van der Waals surface area contributed by atoms with Crippen LogP contribution in [0.5, 0.6) is 5.75 Å². The number of fused-ring (bicyclic) bond motifs is 1. The lowest BCUT2D eigenvalue weighted by atomic mass is 9.89. The molecule has 1 atom stereocenters. The quantitative estimate of drug-likeness (QED) is 0.850. The monoisotopic (exact) mass is 321 g/mol. The summed E-state index contributed by atoms with van der Waals surface area (Å²) < 4.78 is 6.05. The van der Waals surface area contributed by atoms with Gasteiger partial charge < -0.3 is 10.1 Å². The molecule has 0 saturated carbocycles. The first-order valence-electron chi connectivity index (χ1n) is 8.26. The van der Waals surface area contributed by atoms with Gasteiger partial charge in [-0.15, -0.1) is 0 Å². The van der Waals surface area contributed by atoms with Crippen molar-refractivity contribution in [2.24, 2.45) is 0 Å². The summed E-state index contributed by atoms with van der Waals surface area (Å²) in [6, 6.07) is 15.9. The summed E-state index contributed by atoms with van der Waals surface area (Å²) >= 11 is 0. The van der Waals surface area contributed by atoms with Gasteiger partial charge in [-0.1, -0.05) is 48.0 Å². The van der Waals surface area contributed by atoms with Gasteiger partial charge in [0.2, 0.25) is 5.91 Å². The molecule has 3 nitrogen and oxygen atoms in total. The zero-order chi connectivity index (χ0) is 17.2. The molecule has 0 spiro atoms. The summed E-state index contributed by atoms with van der Waals surface area (Å²) in [7, 11) is 0. The summed E-state index contributed by atoms with van der Waals surface area (Å²) in [6.07, 6.45) is 4.17. The van der Waals surface area contributed by atoms with Gasteiger partial charge in [-0.05, 0) is 38.5 Å². The third-order valence-corrected chi connectivity index (χ3v) is 4.17. The minimum atomic E-state index is -0.302. The second-order valence-corrected chi connectivity index (χ2v) is 6.91. The SMILES string of the molecule is Cc1ccc2c(c1)[C@@H](NC(=O)/C=C/c1ccccc1)CC(C)(C)O2. The molecule has 1 N–H and O–H groups in total. The number of ether oxygens (including phenoxy) is 1. The molecule has 0 aromatic heterocycles. The van der Waals surface area contributed by atoms with Crippen molar-refractivity contribution in [3.05, 3.63) is 71.3 Å². The zero-order valence-electron chi connectivity index (χ0n) is 14.4. The Morgan fingerprint density at radius 1 is 1.21 bits per heavy atom. The van der Waals surface area contributed by atoms with Crippen molar-refractivity contribution >= 4 is 12.0 Å². The number of carbonyl (C=O) groups is 1. The van der Waals surface area contributed by atoms with Crippen LogP contribution in [0.1, 0.15) is 43.0 Å². The standard InChI is InChI=1S/C21H23NO2/c1-15-9-11-19-17(13-15)18(14-21(2,3)24-19)22-20(23)12-10-16-7-5-4-6-8-16/h4-13,18H,14H2,1-3H3,(H,22,23)/b12-10+/t18-/m0/s1. The second-order valence-electron chi connectivity index (χ2n) is 6.91. The average Bonchev–Trinajstić information content (AvgIpc) is 2.54. The van der Waals surface area contributed by atoms with E-state index in [4.69, 9.17) is 4.74 Å². The van der Waals surface area contributed by atoms with Crippen molar-refractivity contribution < 1.29 is 9.53 Å². The van der Waals surface area contributed by atoms with E-state index in [0.29, 0.717) is 0 Å². The van der Waals surface area contributed by atoms with Crippen molar-refractivity contribution in [2.45, 2.75) is 38.8 Å². The van der Waals surface area contributed by atoms with Crippen molar-refractivity contribution in [1.82, 2.24) is 5.32 Å². The third kappa shape index (κ3) is 3.85. The van der Waals surface area contributed by atoms with Crippen molar-refractivity contribution in [2.75, 3.05) is 0 Å². The van der Waals surface area contributed by atoms with Crippen LogP contribution in [0.3, 0.4) is 0 Å². The van der Waals surface area contributed by atoms with Crippen LogP contribution in [0.4, 0.5) is 0 Å². The Labute approximate surface area is 143 Å². The molecule has 0 aliphatic carbocycles. The number of rotatable bonds is 3. The molecule has 3 rings (SSSR count). The number of hydrogen-bond donors (Lipinski definition) is 1. The van der Waals surface area contributed by atoms with Gasteiger partial charge in [0.05, 0.1) is 6.04 Å². The minimum Gasteiger partial charge on any atom is -0.487 e. The van der Waals surface area contributed by atoms with Crippen LogP contribution >= 0.6 is 0 Å². The maximum atomic E-state index is 12.4. The molecule has 1 aliphatic rings. The van der Waals surface area contributed by atoms with Crippen molar-refractivity contribution in [1.29, 1.82) is 0 Å². The van der Waals surface area contributed by atoms with Gasteiger partial charge in [0.1, 0.15) is 11.4 Å². The van der Waals surface area contributed by atoms with E-state index in [1.54, 1.807) is 6.08 Å². The Bertz CT molecular complexity index is 763. The molecule has 2 aromatic carbocycles. The fourth-order valence-electron chi connectivity index (χ4n) is 3.06. The second kappa shape index (κ2) is 6.52. The maximum absolute atomic E-state index is 12.4. The van der Waals surface area contributed by atoms with Crippen LogP contribution in [-0.2, 0) is 4.79 Å². The van der Waals surface area contributed by atoms with E-state index >= 15 is 0 Å².